The number of esters is 1. The molecule has 1 aliphatic rings. The molecule has 5 nitrogen and oxygen atoms in total. The first-order chi connectivity index (χ1) is 9.87. The van der Waals surface area contributed by atoms with Gasteiger partial charge in [0.1, 0.15) is 5.54 Å². The van der Waals surface area contributed by atoms with E-state index in [0.717, 1.165) is 32.5 Å². The van der Waals surface area contributed by atoms with Crippen molar-refractivity contribution in [1.82, 2.24) is 15.1 Å². The molecule has 0 aromatic rings. The number of hydrogen-bond donors (Lipinski definition) is 1. The van der Waals surface area contributed by atoms with Crippen molar-refractivity contribution in [1.29, 1.82) is 0 Å². The van der Waals surface area contributed by atoms with E-state index >= 15 is 0 Å². The van der Waals surface area contributed by atoms with Crippen LogP contribution in [-0.4, -0.2) is 75.2 Å². The Hall–Kier alpha value is -0.650. The molecule has 1 saturated carbocycles. The highest BCUT2D eigenvalue weighted by molar-refractivity contribution is 5.80. The lowest BCUT2D eigenvalue weighted by Crippen LogP contribution is -2.51. The lowest BCUT2D eigenvalue weighted by molar-refractivity contribution is -0.148. The Kier molecular flexibility index (Phi) is 7.63. The molecule has 0 radical (unpaired) electrons. The third-order valence-electron chi connectivity index (χ3n) is 4.10. The number of ether oxygens (including phenoxy) is 1. The van der Waals surface area contributed by atoms with Crippen LogP contribution in [0.4, 0.5) is 0 Å². The van der Waals surface area contributed by atoms with E-state index in [4.69, 9.17) is 4.74 Å². The fraction of sp³-hybridized carbons (Fsp3) is 0.938. The van der Waals surface area contributed by atoms with E-state index in [-0.39, 0.29) is 5.97 Å². The summed E-state index contributed by atoms with van der Waals surface area (Å²) >= 11 is 0. The molecule has 1 rings (SSSR count). The molecular formula is C16H33N3O2. The second-order valence-corrected chi connectivity index (χ2v) is 6.81. The summed E-state index contributed by atoms with van der Waals surface area (Å²) in [6.45, 7) is 5.21. The molecule has 0 heterocycles. The SMILES string of the molecule is COC(=O)C(C)(CCCN(C)CCCN(C)C)NC1CC1. The van der Waals surface area contributed by atoms with E-state index in [1.54, 1.807) is 0 Å². The zero-order chi connectivity index (χ0) is 15.9. The Bertz CT molecular complexity index is 319. The quantitative estimate of drug-likeness (QED) is 0.583. The van der Waals surface area contributed by atoms with Crippen molar-refractivity contribution in [3.05, 3.63) is 0 Å². The molecule has 1 atom stereocenters. The third-order valence-corrected chi connectivity index (χ3v) is 4.10. The van der Waals surface area contributed by atoms with Gasteiger partial charge in [-0.1, -0.05) is 0 Å². The van der Waals surface area contributed by atoms with Gasteiger partial charge in [0.05, 0.1) is 7.11 Å². The topological polar surface area (TPSA) is 44.8 Å². The monoisotopic (exact) mass is 299 g/mol. The van der Waals surface area contributed by atoms with Crippen molar-refractivity contribution < 1.29 is 9.53 Å². The van der Waals surface area contributed by atoms with Crippen molar-refractivity contribution in [2.45, 2.75) is 50.6 Å². The maximum Gasteiger partial charge on any atom is 0.325 e. The molecular weight excluding hydrogens is 266 g/mol. The zero-order valence-electron chi connectivity index (χ0n) is 14.4. The summed E-state index contributed by atoms with van der Waals surface area (Å²) in [5, 5.41) is 3.45. The predicted molar refractivity (Wildman–Crippen MR) is 86.5 cm³/mol. The molecule has 1 fully saturated rings. The number of carbonyl (C=O) groups is 1. The lowest BCUT2D eigenvalue weighted by atomic mass is 9.95. The highest BCUT2D eigenvalue weighted by Crippen LogP contribution is 2.25. The first kappa shape index (κ1) is 18.4. The van der Waals surface area contributed by atoms with Gasteiger partial charge in [-0.3, -0.25) is 10.1 Å². The highest BCUT2D eigenvalue weighted by atomic mass is 16.5. The van der Waals surface area contributed by atoms with Gasteiger partial charge in [0.2, 0.25) is 0 Å². The van der Waals surface area contributed by atoms with Gasteiger partial charge in [-0.15, -0.1) is 0 Å². The number of carbonyl (C=O) groups excluding carboxylic acids is 1. The van der Waals surface area contributed by atoms with Crippen molar-refractivity contribution in [3.8, 4) is 0 Å². The molecule has 124 valence electrons. The lowest BCUT2D eigenvalue weighted by Gasteiger charge is -2.29. The Labute approximate surface area is 130 Å². The van der Waals surface area contributed by atoms with Crippen molar-refractivity contribution >= 4 is 5.97 Å². The molecule has 1 N–H and O–H groups in total. The third kappa shape index (κ3) is 7.25. The van der Waals surface area contributed by atoms with Crippen LogP contribution >= 0.6 is 0 Å². The average molecular weight is 299 g/mol. The Morgan fingerprint density at radius 3 is 2.33 bits per heavy atom. The number of nitrogens with zero attached hydrogens (tertiary/aromatic N) is 2. The normalized spacial score (nSPS) is 18.0. The molecule has 1 aliphatic carbocycles. The molecule has 5 heteroatoms. The van der Waals surface area contributed by atoms with Gasteiger partial charge in [-0.05, 0) is 79.8 Å². The maximum absolute atomic E-state index is 12.0. The summed E-state index contributed by atoms with van der Waals surface area (Å²) in [4.78, 5) is 16.6. The summed E-state index contributed by atoms with van der Waals surface area (Å²) in [6.07, 6.45) is 5.37. The first-order valence-electron chi connectivity index (χ1n) is 8.07. The van der Waals surface area contributed by atoms with Gasteiger partial charge in [0.15, 0.2) is 0 Å². The maximum atomic E-state index is 12.0. The Morgan fingerprint density at radius 2 is 1.81 bits per heavy atom. The standard InChI is InChI=1S/C16H33N3O2/c1-16(15(20)21-5,17-14-8-9-14)10-6-12-19(4)13-7-11-18(2)3/h14,17H,6-13H2,1-5H3. The average Bonchev–Trinajstić information content (AvgIpc) is 3.21. The van der Waals surface area contributed by atoms with E-state index in [1.165, 1.54) is 26.4 Å². The van der Waals surface area contributed by atoms with Gasteiger partial charge >= 0.3 is 5.97 Å². The van der Waals surface area contributed by atoms with Gasteiger partial charge in [0, 0.05) is 6.04 Å². The molecule has 1 unspecified atom stereocenters. The van der Waals surface area contributed by atoms with Gasteiger partial charge in [-0.2, -0.15) is 0 Å². The number of rotatable bonds is 11. The molecule has 0 spiro atoms. The predicted octanol–water partition coefficient (Wildman–Crippen LogP) is 1.33. The molecule has 0 aliphatic heterocycles. The molecule has 0 saturated heterocycles. The van der Waals surface area contributed by atoms with Crippen LogP contribution in [0.25, 0.3) is 0 Å². The van der Waals surface area contributed by atoms with Crippen LogP contribution < -0.4 is 5.32 Å². The van der Waals surface area contributed by atoms with Crippen LogP contribution in [0.1, 0.15) is 39.0 Å². The number of hydrogen-bond acceptors (Lipinski definition) is 5. The summed E-state index contributed by atoms with van der Waals surface area (Å²) in [5.41, 5.74) is -0.527. The van der Waals surface area contributed by atoms with E-state index in [0.29, 0.717) is 6.04 Å². The zero-order valence-corrected chi connectivity index (χ0v) is 14.4. The van der Waals surface area contributed by atoms with Crippen LogP contribution in [0.2, 0.25) is 0 Å². The Balaban J connectivity index is 2.27. The van der Waals surface area contributed by atoms with Crippen molar-refractivity contribution in [2.24, 2.45) is 0 Å². The minimum absolute atomic E-state index is 0.135. The summed E-state index contributed by atoms with van der Waals surface area (Å²) < 4.78 is 4.97. The van der Waals surface area contributed by atoms with Gasteiger partial charge in [-0.25, -0.2) is 0 Å². The minimum atomic E-state index is -0.527. The minimum Gasteiger partial charge on any atom is -0.468 e. The molecule has 21 heavy (non-hydrogen) atoms. The van der Waals surface area contributed by atoms with Crippen LogP contribution in [0.5, 0.6) is 0 Å². The van der Waals surface area contributed by atoms with E-state index in [9.17, 15) is 4.79 Å². The van der Waals surface area contributed by atoms with E-state index in [1.807, 2.05) is 6.92 Å². The largest absolute Gasteiger partial charge is 0.468 e. The molecule has 0 aromatic carbocycles. The van der Waals surface area contributed by atoms with Gasteiger partial charge in [0.25, 0.3) is 0 Å². The van der Waals surface area contributed by atoms with E-state index in [2.05, 4.69) is 36.3 Å². The molecule has 0 aromatic heterocycles. The fourth-order valence-electron chi connectivity index (χ4n) is 2.61. The first-order valence-corrected chi connectivity index (χ1v) is 8.07. The van der Waals surface area contributed by atoms with Crippen molar-refractivity contribution in [2.75, 3.05) is 47.9 Å². The summed E-state index contributed by atoms with van der Waals surface area (Å²) in [7, 11) is 7.83. The smallest absolute Gasteiger partial charge is 0.325 e. The second-order valence-electron chi connectivity index (χ2n) is 6.81. The van der Waals surface area contributed by atoms with Crippen LogP contribution in [-0.2, 0) is 9.53 Å². The second kappa shape index (κ2) is 8.71. The Morgan fingerprint density at radius 1 is 1.19 bits per heavy atom. The van der Waals surface area contributed by atoms with E-state index < -0.39 is 5.54 Å². The summed E-state index contributed by atoms with van der Waals surface area (Å²) in [6, 6.07) is 0.506. The number of methoxy groups -OCH3 is 1. The molecule has 0 amide bonds. The van der Waals surface area contributed by atoms with Crippen molar-refractivity contribution in [3.63, 3.8) is 0 Å². The number of nitrogens with one attached hydrogen (secondary N) is 1. The summed E-state index contributed by atoms with van der Waals surface area (Å²) in [5.74, 6) is -0.135. The highest BCUT2D eigenvalue weighted by Gasteiger charge is 2.38. The fourth-order valence-corrected chi connectivity index (χ4v) is 2.61. The van der Waals surface area contributed by atoms with Crippen LogP contribution in [0, 0.1) is 0 Å². The van der Waals surface area contributed by atoms with Crippen LogP contribution in [0.3, 0.4) is 0 Å². The van der Waals surface area contributed by atoms with Gasteiger partial charge < -0.3 is 14.5 Å². The molecule has 0 bridgehead atoms. The van der Waals surface area contributed by atoms with Crippen LogP contribution in [0.15, 0.2) is 0 Å².